The van der Waals surface area contributed by atoms with Gasteiger partial charge in [-0.1, -0.05) is 0 Å². The molecule has 0 bridgehead atoms. The molecule has 0 aromatic heterocycles. The van der Waals surface area contributed by atoms with Crippen molar-refractivity contribution >= 4 is 0 Å². The van der Waals surface area contributed by atoms with E-state index >= 15 is 0 Å². The molecule has 0 heterocycles. The topological polar surface area (TPSA) is 3.24 Å². The molecular weight excluding hydrogens is 476 g/mol. The fourth-order valence-electron chi connectivity index (χ4n) is 1.57. The summed E-state index contributed by atoms with van der Waals surface area (Å²) < 4.78 is 229. The molecule has 0 atom stereocenters. The Kier molecular flexibility index (Phi) is 6.55. The molecule has 0 aromatic rings. The lowest BCUT2D eigenvalue weighted by Gasteiger charge is -2.42. The van der Waals surface area contributed by atoms with Crippen LogP contribution in [0.4, 0.5) is 79.1 Å². The van der Waals surface area contributed by atoms with E-state index in [9.17, 15) is 79.1 Å². The monoisotopic (exact) mass is 481 g/mol. The van der Waals surface area contributed by atoms with Crippen LogP contribution in [0.3, 0.4) is 0 Å². The second-order valence-electron chi connectivity index (χ2n) is 5.41. The zero-order valence-electron chi connectivity index (χ0n) is 13.0. The molecule has 176 valence electrons. The molecule has 0 fully saturated rings. The molecule has 19 heteroatoms. The van der Waals surface area contributed by atoms with Crippen molar-refractivity contribution in [3.05, 3.63) is 0 Å². The number of hydrogen-bond donors (Lipinski definition) is 0. The molecule has 1 nitrogen and oxygen atoms in total. The van der Waals surface area contributed by atoms with E-state index in [-0.39, 0.29) is 7.05 Å². The van der Waals surface area contributed by atoms with Gasteiger partial charge in [0.15, 0.2) is 0 Å². The van der Waals surface area contributed by atoms with Crippen molar-refractivity contribution in [1.82, 2.24) is 5.12 Å². The Hall–Kier alpha value is -1.30. The summed E-state index contributed by atoms with van der Waals surface area (Å²) in [5, 5.41) is -1.56. The minimum atomic E-state index is -8.68. The van der Waals surface area contributed by atoms with Gasteiger partial charge in [0.05, 0.1) is 6.54 Å². The first kappa shape index (κ1) is 27.7. The zero-order valence-corrected chi connectivity index (χ0v) is 13.0. The molecule has 0 aliphatic rings. The van der Waals surface area contributed by atoms with Crippen LogP contribution in [0.5, 0.6) is 0 Å². The average molecular weight is 481 g/mol. The highest BCUT2D eigenvalue weighted by Crippen LogP contribution is 2.63. The second kappa shape index (κ2) is 6.86. The van der Waals surface area contributed by atoms with Crippen molar-refractivity contribution in [2.45, 2.75) is 47.6 Å². The number of nitrogens with zero attached hydrogens (tertiary/aromatic N) is 1. The van der Waals surface area contributed by atoms with E-state index in [1.54, 1.807) is 0 Å². The van der Waals surface area contributed by atoms with Crippen LogP contribution in [0.2, 0.25) is 0 Å². The third-order valence-corrected chi connectivity index (χ3v) is 3.20. The molecule has 0 amide bonds. The Morgan fingerprint density at radius 3 is 0.931 bits per heavy atom. The first-order chi connectivity index (χ1) is 12.2. The van der Waals surface area contributed by atoms with Gasteiger partial charge in [-0.2, -0.15) is 74.6 Å². The van der Waals surface area contributed by atoms with Crippen molar-refractivity contribution in [3.8, 4) is 0 Å². The summed E-state index contributed by atoms with van der Waals surface area (Å²) in [7, 11) is -0.201. The van der Waals surface area contributed by atoms with E-state index < -0.39 is 59.3 Å². The van der Waals surface area contributed by atoms with Gasteiger partial charge in [0.1, 0.15) is 0 Å². The molecule has 0 rings (SSSR count). The summed E-state index contributed by atoms with van der Waals surface area (Å²) in [5.41, 5.74) is 0. The maximum atomic E-state index is 13.2. The molecule has 0 unspecified atom stereocenters. The highest BCUT2D eigenvalue weighted by atomic mass is 19.4. The lowest BCUT2D eigenvalue weighted by Crippen LogP contribution is -2.74. The lowest BCUT2D eigenvalue weighted by atomic mass is 9.89. The van der Waals surface area contributed by atoms with Crippen LogP contribution in [-0.2, 0) is 0 Å². The predicted molar refractivity (Wildman–Crippen MR) is 54.4 cm³/mol. The lowest BCUT2D eigenvalue weighted by molar-refractivity contribution is -0.462. The van der Waals surface area contributed by atoms with Gasteiger partial charge in [0.2, 0.25) is 0 Å². The summed E-state index contributed by atoms with van der Waals surface area (Å²) in [6, 6.07) is 0. The van der Waals surface area contributed by atoms with Crippen molar-refractivity contribution in [3.63, 3.8) is 0 Å². The van der Waals surface area contributed by atoms with E-state index in [0.717, 1.165) is 0 Å². The molecule has 0 radical (unpaired) electrons. The fourth-order valence-corrected chi connectivity index (χ4v) is 1.57. The number of alkyl halides is 17. The van der Waals surface area contributed by atoms with Gasteiger partial charge in [0, 0.05) is 7.05 Å². The van der Waals surface area contributed by atoms with E-state index in [2.05, 4.69) is 0 Å². The standard InChI is InChI=1S/C10H5F18N/c1-29(28)2-3(11,12)4(13,14)5(15,16)6(17,18)7(19,20)8(21,22)9(23,24)10(25,26)27/h2H2,1H3. The van der Waals surface area contributed by atoms with E-state index in [1.165, 1.54) is 0 Å². The molecule has 0 aromatic carbocycles. The molecule has 29 heavy (non-hydrogen) atoms. The molecule has 0 aliphatic heterocycles. The summed E-state index contributed by atoms with van der Waals surface area (Å²) in [6.45, 7) is -3.23. The summed E-state index contributed by atoms with van der Waals surface area (Å²) in [4.78, 5) is 0. The van der Waals surface area contributed by atoms with Crippen LogP contribution in [0.25, 0.3) is 0 Å². The third-order valence-electron chi connectivity index (χ3n) is 3.20. The Labute approximate surface area is 147 Å². The summed E-state index contributed by atoms with van der Waals surface area (Å²) in [5.74, 6) is -57.0. The van der Waals surface area contributed by atoms with Crippen LogP contribution in [0, 0.1) is 0 Å². The highest BCUT2D eigenvalue weighted by molar-refractivity contribution is 5.15. The number of halogens is 18. The Bertz CT molecular complexity index is 586. The van der Waals surface area contributed by atoms with Gasteiger partial charge in [-0.05, 0) is 0 Å². The average Bonchev–Trinajstić information content (AvgIpc) is 2.43. The van der Waals surface area contributed by atoms with Gasteiger partial charge in [-0.15, -0.1) is 9.60 Å². The normalized spacial score (nSPS) is 16.6. The van der Waals surface area contributed by atoms with Gasteiger partial charge in [-0.25, -0.2) is 0 Å². The summed E-state index contributed by atoms with van der Waals surface area (Å²) in [6.07, 6.45) is -7.80. The van der Waals surface area contributed by atoms with Crippen LogP contribution < -0.4 is 0 Å². The molecule has 0 spiro atoms. The van der Waals surface area contributed by atoms with Crippen LogP contribution in [0.15, 0.2) is 0 Å². The van der Waals surface area contributed by atoms with E-state index in [1.807, 2.05) is 0 Å². The van der Waals surface area contributed by atoms with Gasteiger partial charge >= 0.3 is 47.6 Å². The number of rotatable bonds is 8. The predicted octanol–water partition coefficient (Wildman–Crippen LogP) is 5.81. The minimum absolute atomic E-state index is 0.201. The van der Waals surface area contributed by atoms with Crippen molar-refractivity contribution in [1.29, 1.82) is 0 Å². The van der Waals surface area contributed by atoms with Crippen molar-refractivity contribution < 1.29 is 79.1 Å². The third kappa shape index (κ3) is 3.66. The maximum Gasteiger partial charge on any atom is 0.460 e. The molecule has 0 aliphatic carbocycles. The Morgan fingerprint density at radius 2 is 0.690 bits per heavy atom. The molecule has 0 saturated carbocycles. The van der Waals surface area contributed by atoms with Crippen LogP contribution >= 0.6 is 0 Å². The molecule has 0 saturated heterocycles. The zero-order chi connectivity index (χ0) is 24.3. The second-order valence-corrected chi connectivity index (χ2v) is 5.41. The Balaban J connectivity index is 6.65. The maximum absolute atomic E-state index is 13.2. The minimum Gasteiger partial charge on any atom is -0.198 e. The first-order valence-corrected chi connectivity index (χ1v) is 6.25. The van der Waals surface area contributed by atoms with E-state index in [0.29, 0.717) is 0 Å². The van der Waals surface area contributed by atoms with Crippen molar-refractivity contribution in [2.24, 2.45) is 0 Å². The fraction of sp³-hybridized carbons (Fsp3) is 1.00. The number of hydrogen-bond acceptors (Lipinski definition) is 1. The largest absolute Gasteiger partial charge is 0.460 e. The van der Waals surface area contributed by atoms with Crippen molar-refractivity contribution in [2.75, 3.05) is 13.6 Å². The molecule has 0 N–H and O–H groups in total. The quantitative estimate of drug-likeness (QED) is 0.313. The van der Waals surface area contributed by atoms with E-state index in [4.69, 9.17) is 0 Å². The van der Waals surface area contributed by atoms with Gasteiger partial charge < -0.3 is 0 Å². The first-order valence-electron chi connectivity index (χ1n) is 6.25. The smallest absolute Gasteiger partial charge is 0.198 e. The Morgan fingerprint density at radius 1 is 0.448 bits per heavy atom. The summed E-state index contributed by atoms with van der Waals surface area (Å²) >= 11 is 0. The van der Waals surface area contributed by atoms with Gasteiger partial charge in [0.25, 0.3) is 0 Å². The van der Waals surface area contributed by atoms with Crippen LogP contribution in [0.1, 0.15) is 0 Å². The van der Waals surface area contributed by atoms with Crippen LogP contribution in [-0.4, -0.2) is 66.3 Å². The SMILES string of the molecule is CN(F)CC(F)(F)C(F)(F)C(F)(F)C(F)(F)C(F)(F)C(F)(F)C(F)(F)C(F)(F)F. The molecular formula is C10H5F18N. The highest BCUT2D eigenvalue weighted by Gasteiger charge is 2.95. The van der Waals surface area contributed by atoms with Gasteiger partial charge in [-0.3, -0.25) is 0 Å².